The highest BCUT2D eigenvalue weighted by Crippen LogP contribution is 2.24. The number of carbonyl (C=O) groups is 2. The second-order valence-electron chi connectivity index (χ2n) is 3.18. The van der Waals surface area contributed by atoms with E-state index in [2.05, 4.69) is 4.74 Å². The molecule has 6 nitrogen and oxygen atoms in total. The first-order chi connectivity index (χ1) is 7.97. The Kier molecular flexibility index (Phi) is 3.82. The topological polar surface area (TPSA) is 102 Å². The van der Waals surface area contributed by atoms with E-state index in [-0.39, 0.29) is 22.7 Å². The summed E-state index contributed by atoms with van der Waals surface area (Å²) in [6, 6.07) is 4.43. The monoisotopic (exact) mass is 236 g/mol. The van der Waals surface area contributed by atoms with E-state index in [0.29, 0.717) is 0 Å². The Hall–Kier alpha value is -2.37. The molecule has 1 aromatic carbocycles. The van der Waals surface area contributed by atoms with Crippen LogP contribution in [0.1, 0.15) is 22.8 Å². The van der Waals surface area contributed by atoms with Crippen LogP contribution in [0.25, 0.3) is 0 Å². The molecule has 1 rings (SSSR count). The van der Waals surface area contributed by atoms with E-state index in [0.717, 1.165) is 0 Å². The van der Waals surface area contributed by atoms with Gasteiger partial charge in [-0.05, 0) is 12.1 Å². The van der Waals surface area contributed by atoms with Crippen molar-refractivity contribution in [2.75, 3.05) is 7.11 Å². The summed E-state index contributed by atoms with van der Waals surface area (Å²) in [5.74, 6) is -1.63. The number of nitrogen functional groups attached to an aromatic ring is 1. The number of hydrogen-bond donors (Lipinski definition) is 2. The van der Waals surface area contributed by atoms with Crippen molar-refractivity contribution in [1.82, 2.24) is 0 Å². The zero-order chi connectivity index (χ0) is 13.0. The lowest BCUT2D eigenvalue weighted by atomic mass is 10.1. The molecule has 0 fully saturated rings. The molecular weight excluding hydrogens is 224 g/mol. The maximum absolute atomic E-state index is 11.5. The fourth-order valence-corrected chi connectivity index (χ4v) is 1.27. The van der Waals surface area contributed by atoms with Crippen molar-refractivity contribution in [1.29, 1.82) is 5.41 Å². The van der Waals surface area contributed by atoms with Crippen LogP contribution in [0.2, 0.25) is 0 Å². The van der Waals surface area contributed by atoms with E-state index in [1.165, 1.54) is 32.2 Å². The van der Waals surface area contributed by atoms with Crippen molar-refractivity contribution in [3.05, 3.63) is 29.3 Å². The fourth-order valence-electron chi connectivity index (χ4n) is 1.27. The van der Waals surface area contributed by atoms with Gasteiger partial charge in [0.2, 0.25) is 0 Å². The van der Waals surface area contributed by atoms with Crippen molar-refractivity contribution >= 4 is 17.8 Å². The normalized spacial score (nSPS) is 9.53. The lowest BCUT2D eigenvalue weighted by Gasteiger charge is -2.11. The standard InChI is InChI=1S/C11H12N2O4/c1-6(14)17-9-7(10(12)13)4-3-5-8(9)11(15)16-2/h3-5H,1-2H3,(H3,12,13). The smallest absolute Gasteiger partial charge is 0.341 e. The summed E-state index contributed by atoms with van der Waals surface area (Å²) >= 11 is 0. The Bertz CT molecular complexity index is 482. The highest BCUT2D eigenvalue weighted by atomic mass is 16.5. The van der Waals surface area contributed by atoms with Gasteiger partial charge in [0.15, 0.2) is 5.75 Å². The molecule has 0 saturated heterocycles. The third-order valence-corrected chi connectivity index (χ3v) is 1.96. The van der Waals surface area contributed by atoms with Gasteiger partial charge in [-0.1, -0.05) is 6.07 Å². The summed E-state index contributed by atoms with van der Waals surface area (Å²) < 4.78 is 9.45. The molecule has 0 unspecified atom stereocenters. The molecule has 1 aromatic rings. The third-order valence-electron chi connectivity index (χ3n) is 1.96. The molecule has 0 atom stereocenters. The second-order valence-corrected chi connectivity index (χ2v) is 3.18. The Morgan fingerprint density at radius 3 is 2.35 bits per heavy atom. The lowest BCUT2D eigenvalue weighted by molar-refractivity contribution is -0.131. The first-order valence-corrected chi connectivity index (χ1v) is 4.71. The first kappa shape index (κ1) is 12.7. The van der Waals surface area contributed by atoms with Crippen molar-refractivity contribution in [2.45, 2.75) is 6.92 Å². The van der Waals surface area contributed by atoms with Crippen LogP contribution in [0.4, 0.5) is 0 Å². The maximum atomic E-state index is 11.5. The summed E-state index contributed by atoms with van der Waals surface area (Å²) in [4.78, 5) is 22.4. The molecule has 3 N–H and O–H groups in total. The van der Waals surface area contributed by atoms with Gasteiger partial charge in [-0.2, -0.15) is 0 Å². The number of ether oxygens (including phenoxy) is 2. The summed E-state index contributed by atoms with van der Waals surface area (Å²) in [6.45, 7) is 1.19. The van der Waals surface area contributed by atoms with Gasteiger partial charge in [-0.3, -0.25) is 10.2 Å². The average molecular weight is 236 g/mol. The van der Waals surface area contributed by atoms with Crippen LogP contribution in [0.5, 0.6) is 5.75 Å². The first-order valence-electron chi connectivity index (χ1n) is 4.71. The van der Waals surface area contributed by atoms with E-state index >= 15 is 0 Å². The van der Waals surface area contributed by atoms with Gasteiger partial charge < -0.3 is 15.2 Å². The van der Waals surface area contributed by atoms with E-state index in [9.17, 15) is 9.59 Å². The van der Waals surface area contributed by atoms with Gasteiger partial charge in [0.25, 0.3) is 0 Å². The average Bonchev–Trinajstić information content (AvgIpc) is 2.27. The van der Waals surface area contributed by atoms with Crippen LogP contribution in [0, 0.1) is 5.41 Å². The number of nitrogens with two attached hydrogens (primary N) is 1. The molecule has 0 aromatic heterocycles. The Balaban J connectivity index is 3.38. The number of hydrogen-bond acceptors (Lipinski definition) is 5. The summed E-state index contributed by atoms with van der Waals surface area (Å²) in [5.41, 5.74) is 5.56. The molecule has 0 aliphatic rings. The molecule has 0 radical (unpaired) electrons. The molecule has 0 heterocycles. The van der Waals surface area contributed by atoms with Gasteiger partial charge >= 0.3 is 11.9 Å². The molecule has 0 bridgehead atoms. The lowest BCUT2D eigenvalue weighted by Crippen LogP contribution is -2.17. The van der Waals surface area contributed by atoms with E-state index < -0.39 is 11.9 Å². The van der Waals surface area contributed by atoms with Crippen molar-refractivity contribution in [2.24, 2.45) is 5.73 Å². The molecule has 0 spiro atoms. The Morgan fingerprint density at radius 1 is 1.29 bits per heavy atom. The van der Waals surface area contributed by atoms with Crippen LogP contribution in [0.15, 0.2) is 18.2 Å². The number of benzene rings is 1. The van der Waals surface area contributed by atoms with Crippen LogP contribution in [-0.2, 0) is 9.53 Å². The number of esters is 2. The molecule has 17 heavy (non-hydrogen) atoms. The van der Waals surface area contributed by atoms with E-state index in [1.54, 1.807) is 0 Å². The quantitative estimate of drug-likeness (QED) is 0.348. The number of amidine groups is 1. The summed E-state index contributed by atoms with van der Waals surface area (Å²) in [6.07, 6.45) is 0. The van der Waals surface area contributed by atoms with Crippen LogP contribution < -0.4 is 10.5 Å². The highest BCUT2D eigenvalue weighted by molar-refractivity contribution is 6.03. The Morgan fingerprint density at radius 2 is 1.88 bits per heavy atom. The molecule has 0 aliphatic carbocycles. The van der Waals surface area contributed by atoms with Crippen molar-refractivity contribution in [3.63, 3.8) is 0 Å². The second kappa shape index (κ2) is 5.11. The molecule has 6 heteroatoms. The highest BCUT2D eigenvalue weighted by Gasteiger charge is 2.19. The van der Waals surface area contributed by atoms with Gasteiger partial charge in [0.05, 0.1) is 12.7 Å². The molecule has 0 amide bonds. The van der Waals surface area contributed by atoms with E-state index in [4.69, 9.17) is 15.9 Å². The number of nitrogens with one attached hydrogen (secondary N) is 1. The van der Waals surface area contributed by atoms with E-state index in [1.807, 2.05) is 0 Å². The minimum Gasteiger partial charge on any atom is -0.465 e. The number of carbonyl (C=O) groups excluding carboxylic acids is 2. The number of methoxy groups -OCH3 is 1. The predicted octanol–water partition coefficient (Wildman–Crippen LogP) is 0.683. The van der Waals surface area contributed by atoms with Crippen molar-refractivity contribution in [3.8, 4) is 5.75 Å². The maximum Gasteiger partial charge on any atom is 0.341 e. The predicted molar refractivity (Wildman–Crippen MR) is 60.1 cm³/mol. The molecular formula is C11H12N2O4. The molecule has 0 saturated carbocycles. The largest absolute Gasteiger partial charge is 0.465 e. The minimum atomic E-state index is -0.663. The number of para-hydroxylation sites is 1. The van der Waals surface area contributed by atoms with Crippen LogP contribution >= 0.6 is 0 Å². The van der Waals surface area contributed by atoms with Crippen molar-refractivity contribution < 1.29 is 19.1 Å². The number of rotatable bonds is 3. The van der Waals surface area contributed by atoms with Crippen LogP contribution in [-0.4, -0.2) is 24.9 Å². The SMILES string of the molecule is COC(=O)c1cccc(C(=N)N)c1OC(C)=O. The molecule has 0 aliphatic heterocycles. The zero-order valence-electron chi connectivity index (χ0n) is 9.44. The van der Waals surface area contributed by atoms with Gasteiger partial charge in [-0.25, -0.2) is 4.79 Å². The summed E-state index contributed by atoms with van der Waals surface area (Å²) in [7, 11) is 1.21. The van der Waals surface area contributed by atoms with Crippen LogP contribution in [0.3, 0.4) is 0 Å². The fraction of sp³-hybridized carbons (Fsp3) is 0.182. The Labute approximate surface area is 97.8 Å². The summed E-state index contributed by atoms with van der Waals surface area (Å²) in [5, 5.41) is 7.35. The third kappa shape index (κ3) is 2.81. The van der Waals surface area contributed by atoms with Gasteiger partial charge in [0.1, 0.15) is 11.4 Å². The zero-order valence-corrected chi connectivity index (χ0v) is 9.44. The molecule has 90 valence electrons. The minimum absolute atomic E-state index is 0.0513. The van der Waals surface area contributed by atoms with Gasteiger partial charge in [-0.15, -0.1) is 0 Å². The van der Waals surface area contributed by atoms with Gasteiger partial charge in [0, 0.05) is 6.92 Å².